The third-order valence-corrected chi connectivity index (χ3v) is 5.27. The zero-order chi connectivity index (χ0) is 14.7. The lowest BCUT2D eigenvalue weighted by Gasteiger charge is -2.46. The third-order valence-electron chi connectivity index (χ3n) is 4.54. The number of urea groups is 1. The summed E-state index contributed by atoms with van der Waals surface area (Å²) in [4.78, 5) is 14.0. The van der Waals surface area contributed by atoms with Crippen molar-refractivity contribution in [3.8, 4) is 0 Å². The van der Waals surface area contributed by atoms with Gasteiger partial charge in [0.05, 0.1) is 11.7 Å². The molecule has 5 nitrogen and oxygen atoms in total. The van der Waals surface area contributed by atoms with E-state index in [-0.39, 0.29) is 12.1 Å². The third kappa shape index (κ3) is 3.22. The maximum Gasteiger partial charge on any atom is 0.317 e. The number of amides is 2. The van der Waals surface area contributed by atoms with Crippen LogP contribution in [0, 0.1) is 0 Å². The molecule has 2 aliphatic rings. The topological polar surface area (TPSA) is 61.8 Å². The van der Waals surface area contributed by atoms with Gasteiger partial charge in [-0.05, 0) is 48.1 Å². The highest BCUT2D eigenvalue weighted by atomic mass is 32.1. The number of hydrogen-bond donors (Lipinski definition) is 2. The summed E-state index contributed by atoms with van der Waals surface area (Å²) >= 11 is 1.63. The van der Waals surface area contributed by atoms with E-state index in [1.165, 1.54) is 0 Å². The van der Waals surface area contributed by atoms with Crippen molar-refractivity contribution in [1.29, 1.82) is 0 Å². The molecule has 0 bridgehead atoms. The molecule has 2 amide bonds. The van der Waals surface area contributed by atoms with E-state index in [4.69, 9.17) is 4.74 Å². The molecular formula is C15H22N2O3S. The van der Waals surface area contributed by atoms with Crippen molar-refractivity contribution in [1.82, 2.24) is 10.2 Å². The summed E-state index contributed by atoms with van der Waals surface area (Å²) in [7, 11) is 0. The van der Waals surface area contributed by atoms with Crippen molar-refractivity contribution < 1.29 is 14.6 Å². The summed E-state index contributed by atoms with van der Waals surface area (Å²) < 4.78 is 5.86. The first kappa shape index (κ1) is 14.8. The normalized spacial score (nSPS) is 25.0. The van der Waals surface area contributed by atoms with Crippen LogP contribution in [-0.4, -0.2) is 47.4 Å². The summed E-state index contributed by atoms with van der Waals surface area (Å²) in [5.74, 6) is 0. The monoisotopic (exact) mass is 310 g/mol. The van der Waals surface area contributed by atoms with Gasteiger partial charge < -0.3 is 20.1 Å². The first-order chi connectivity index (χ1) is 10.2. The molecule has 1 aromatic heterocycles. The fourth-order valence-electron chi connectivity index (χ4n) is 3.16. The molecule has 2 fully saturated rings. The molecule has 3 rings (SSSR count). The molecule has 0 radical (unpaired) electrons. The molecule has 3 heterocycles. The number of aliphatic hydroxyl groups is 1. The van der Waals surface area contributed by atoms with Crippen LogP contribution in [0.1, 0.15) is 31.2 Å². The number of carbonyl (C=O) groups is 1. The minimum Gasteiger partial charge on any atom is -0.390 e. The number of carbonyl (C=O) groups excluding carboxylic acids is 1. The van der Waals surface area contributed by atoms with Crippen molar-refractivity contribution >= 4 is 17.4 Å². The Morgan fingerprint density at radius 1 is 1.52 bits per heavy atom. The Balaban J connectivity index is 1.49. The van der Waals surface area contributed by atoms with E-state index in [9.17, 15) is 9.90 Å². The molecule has 0 aromatic carbocycles. The Labute approximate surface area is 128 Å². The largest absolute Gasteiger partial charge is 0.390 e. The summed E-state index contributed by atoms with van der Waals surface area (Å²) in [6, 6.07) is 1.99. The second-order valence-corrected chi connectivity index (χ2v) is 6.63. The highest BCUT2D eigenvalue weighted by Gasteiger charge is 2.44. The number of likely N-dealkylation sites (tertiary alicyclic amines) is 1. The Bertz CT molecular complexity index is 469. The smallest absolute Gasteiger partial charge is 0.317 e. The fourth-order valence-corrected chi connectivity index (χ4v) is 3.83. The van der Waals surface area contributed by atoms with Gasteiger partial charge in [0.2, 0.25) is 0 Å². The highest BCUT2D eigenvalue weighted by molar-refractivity contribution is 7.07. The van der Waals surface area contributed by atoms with Gasteiger partial charge in [0.15, 0.2) is 0 Å². The molecule has 1 spiro atoms. The van der Waals surface area contributed by atoms with Crippen molar-refractivity contribution in [3.63, 3.8) is 0 Å². The molecule has 21 heavy (non-hydrogen) atoms. The predicted octanol–water partition coefficient (Wildman–Crippen LogP) is 1.96. The summed E-state index contributed by atoms with van der Waals surface area (Å²) in [5.41, 5.74) is 0.718. The number of thiophene rings is 1. The number of rotatable bonds is 2. The van der Waals surface area contributed by atoms with E-state index in [1.54, 1.807) is 11.3 Å². The van der Waals surface area contributed by atoms with Crippen LogP contribution in [0.25, 0.3) is 0 Å². The Kier molecular flexibility index (Phi) is 4.47. The molecule has 2 aliphatic heterocycles. The van der Waals surface area contributed by atoms with Gasteiger partial charge in [0.25, 0.3) is 0 Å². The zero-order valence-electron chi connectivity index (χ0n) is 12.1. The molecule has 2 N–H and O–H groups in total. The molecule has 1 aromatic rings. The highest BCUT2D eigenvalue weighted by Crippen LogP contribution is 2.35. The lowest BCUT2D eigenvalue weighted by molar-refractivity contribution is -0.173. The Morgan fingerprint density at radius 2 is 2.33 bits per heavy atom. The number of nitrogens with zero attached hydrogens (tertiary/aromatic N) is 1. The molecule has 1 atom stereocenters. The number of aliphatic hydroxyl groups excluding tert-OH is 1. The molecule has 1 unspecified atom stereocenters. The SMILES string of the molecule is O=C(NCc1ccsc1)N1CCC2(CC1)OCCCC2O. The van der Waals surface area contributed by atoms with E-state index in [0.29, 0.717) is 19.6 Å². The van der Waals surface area contributed by atoms with Gasteiger partial charge in [-0.3, -0.25) is 0 Å². The van der Waals surface area contributed by atoms with Crippen LogP contribution in [0.3, 0.4) is 0 Å². The summed E-state index contributed by atoms with van der Waals surface area (Å²) in [6.45, 7) is 2.59. The van der Waals surface area contributed by atoms with Gasteiger partial charge >= 0.3 is 6.03 Å². The maximum absolute atomic E-state index is 12.2. The van der Waals surface area contributed by atoms with Gasteiger partial charge in [-0.25, -0.2) is 4.79 Å². The van der Waals surface area contributed by atoms with Gasteiger partial charge in [-0.2, -0.15) is 11.3 Å². The molecular weight excluding hydrogens is 288 g/mol. The van der Waals surface area contributed by atoms with Crippen LogP contribution in [-0.2, 0) is 11.3 Å². The zero-order valence-corrected chi connectivity index (χ0v) is 12.9. The van der Waals surface area contributed by atoms with E-state index < -0.39 is 5.60 Å². The molecule has 0 saturated carbocycles. The minimum absolute atomic E-state index is 0.0265. The van der Waals surface area contributed by atoms with Crippen molar-refractivity contribution in [3.05, 3.63) is 22.4 Å². The van der Waals surface area contributed by atoms with Gasteiger partial charge in [0, 0.05) is 26.2 Å². The standard InChI is InChI=1S/C15H22N2O3S/c18-13-2-1-8-20-15(13)4-6-17(7-5-15)14(19)16-10-12-3-9-21-11-12/h3,9,11,13,18H,1-2,4-8,10H2,(H,16,19). The minimum atomic E-state index is -0.414. The van der Waals surface area contributed by atoms with Crippen molar-refractivity contribution in [2.24, 2.45) is 0 Å². The lowest BCUT2D eigenvalue weighted by atomic mass is 9.82. The van der Waals surface area contributed by atoms with Crippen LogP contribution in [0.15, 0.2) is 16.8 Å². The molecule has 116 valence electrons. The van der Waals surface area contributed by atoms with Crippen LogP contribution in [0.4, 0.5) is 4.79 Å². The summed E-state index contributed by atoms with van der Waals surface area (Å²) in [6.07, 6.45) is 2.79. The molecule has 6 heteroatoms. The first-order valence-electron chi connectivity index (χ1n) is 7.55. The lowest BCUT2D eigenvalue weighted by Crippen LogP contribution is -2.57. The average molecular weight is 310 g/mol. The second-order valence-electron chi connectivity index (χ2n) is 5.85. The van der Waals surface area contributed by atoms with E-state index in [0.717, 1.165) is 37.9 Å². The maximum atomic E-state index is 12.2. The average Bonchev–Trinajstić information content (AvgIpc) is 3.02. The van der Waals surface area contributed by atoms with Crippen LogP contribution in [0.5, 0.6) is 0 Å². The van der Waals surface area contributed by atoms with Crippen molar-refractivity contribution in [2.45, 2.75) is 43.9 Å². The van der Waals surface area contributed by atoms with Crippen molar-refractivity contribution in [2.75, 3.05) is 19.7 Å². The molecule has 0 aliphatic carbocycles. The van der Waals surface area contributed by atoms with E-state index >= 15 is 0 Å². The van der Waals surface area contributed by atoms with Gasteiger partial charge in [0.1, 0.15) is 0 Å². The van der Waals surface area contributed by atoms with Crippen LogP contribution in [0.2, 0.25) is 0 Å². The summed E-state index contributed by atoms with van der Waals surface area (Å²) in [5, 5.41) is 17.2. The van der Waals surface area contributed by atoms with Gasteiger partial charge in [-0.15, -0.1) is 0 Å². The number of hydrogen-bond acceptors (Lipinski definition) is 4. The van der Waals surface area contributed by atoms with Crippen LogP contribution >= 0.6 is 11.3 Å². The number of ether oxygens (including phenoxy) is 1. The number of nitrogens with one attached hydrogen (secondary N) is 1. The van der Waals surface area contributed by atoms with E-state index in [2.05, 4.69) is 5.32 Å². The fraction of sp³-hybridized carbons (Fsp3) is 0.667. The Morgan fingerprint density at radius 3 is 3.00 bits per heavy atom. The Hall–Kier alpha value is -1.11. The number of piperidine rings is 1. The predicted molar refractivity (Wildman–Crippen MR) is 81.3 cm³/mol. The molecule has 2 saturated heterocycles. The first-order valence-corrected chi connectivity index (χ1v) is 8.50. The van der Waals surface area contributed by atoms with Crippen LogP contribution < -0.4 is 5.32 Å². The quantitative estimate of drug-likeness (QED) is 0.878. The van der Waals surface area contributed by atoms with Gasteiger partial charge in [-0.1, -0.05) is 0 Å². The van der Waals surface area contributed by atoms with E-state index in [1.807, 2.05) is 21.7 Å². The second kappa shape index (κ2) is 6.34.